The molecule has 1 amide bonds. The number of rotatable bonds is 3. The molecule has 1 aliphatic heterocycles. The molecule has 1 fully saturated rings. The first-order valence-corrected chi connectivity index (χ1v) is 10.1. The molecule has 0 aliphatic carbocycles. The minimum Gasteiger partial charge on any atom is -0.444 e. The number of carbonyl (C=O) groups is 1. The Morgan fingerprint density at radius 3 is 2.37 bits per heavy atom. The van der Waals surface area contributed by atoms with Gasteiger partial charge in [-0.1, -0.05) is 6.07 Å². The van der Waals surface area contributed by atoms with Crippen molar-refractivity contribution >= 4 is 29.6 Å². The first-order chi connectivity index (χ1) is 13.7. The lowest BCUT2D eigenvalue weighted by atomic mass is 9.78. The predicted molar refractivity (Wildman–Crippen MR) is 115 cm³/mol. The molecule has 162 valence electrons. The Balaban J connectivity index is 1.97. The summed E-state index contributed by atoms with van der Waals surface area (Å²) in [6.45, 7) is 15.0. The molecule has 0 radical (unpaired) electrons. The molecule has 3 rings (SSSR count). The summed E-state index contributed by atoms with van der Waals surface area (Å²) in [5.74, 6) is -0.469. The molecule has 2 heterocycles. The summed E-state index contributed by atoms with van der Waals surface area (Å²) in [6, 6.07) is 4.56. The Bertz CT molecular complexity index is 955. The molecule has 1 N–H and O–H groups in total. The molecule has 6 nitrogen and oxygen atoms in total. The van der Waals surface area contributed by atoms with Crippen molar-refractivity contribution in [2.24, 2.45) is 0 Å². The molecule has 8 heteroatoms. The van der Waals surface area contributed by atoms with Crippen LogP contribution in [0.25, 0.3) is 10.9 Å². The topological polar surface area (TPSA) is 69.7 Å². The van der Waals surface area contributed by atoms with Crippen LogP contribution < -0.4 is 10.8 Å². The van der Waals surface area contributed by atoms with Gasteiger partial charge in [0.15, 0.2) is 0 Å². The van der Waals surface area contributed by atoms with Gasteiger partial charge in [0.1, 0.15) is 16.9 Å². The van der Waals surface area contributed by atoms with E-state index in [1.165, 1.54) is 12.3 Å². The third-order valence-electron chi connectivity index (χ3n) is 5.58. The fourth-order valence-electron chi connectivity index (χ4n) is 3.31. The fraction of sp³-hybridized carbons (Fsp3) is 0.545. The van der Waals surface area contributed by atoms with Crippen molar-refractivity contribution in [1.29, 1.82) is 0 Å². The normalized spacial score (nSPS) is 19.0. The summed E-state index contributed by atoms with van der Waals surface area (Å²) in [7, 11) is -0.698. The van der Waals surface area contributed by atoms with Crippen molar-refractivity contribution in [3.63, 3.8) is 0 Å². The summed E-state index contributed by atoms with van der Waals surface area (Å²) in [6.07, 6.45) is 0.991. The van der Waals surface area contributed by atoms with Gasteiger partial charge in [0, 0.05) is 11.6 Å². The summed E-state index contributed by atoms with van der Waals surface area (Å²) in [5.41, 5.74) is -0.162. The number of benzene rings is 1. The van der Waals surface area contributed by atoms with Crippen LogP contribution in [0.5, 0.6) is 0 Å². The first-order valence-electron chi connectivity index (χ1n) is 10.1. The van der Waals surface area contributed by atoms with Crippen molar-refractivity contribution in [2.75, 3.05) is 0 Å². The molecule has 1 atom stereocenters. The zero-order valence-electron chi connectivity index (χ0n) is 18.9. The van der Waals surface area contributed by atoms with E-state index >= 15 is 0 Å². The number of ether oxygens (including phenoxy) is 1. The van der Waals surface area contributed by atoms with Crippen molar-refractivity contribution in [3.05, 3.63) is 35.8 Å². The highest BCUT2D eigenvalue weighted by Crippen LogP contribution is 2.37. The average molecular weight is 416 g/mol. The van der Waals surface area contributed by atoms with Crippen molar-refractivity contribution in [2.45, 2.75) is 78.2 Å². The quantitative estimate of drug-likeness (QED) is 0.758. The van der Waals surface area contributed by atoms with Gasteiger partial charge in [-0.3, -0.25) is 4.98 Å². The minimum absolute atomic E-state index is 0.227. The number of carbonyl (C=O) groups excluding carboxylic acids is 1. The Hall–Kier alpha value is -2.19. The smallest absolute Gasteiger partial charge is 0.444 e. The van der Waals surface area contributed by atoms with Gasteiger partial charge in [-0.05, 0) is 78.5 Å². The van der Waals surface area contributed by atoms with Crippen molar-refractivity contribution in [1.82, 2.24) is 10.3 Å². The van der Waals surface area contributed by atoms with Gasteiger partial charge >= 0.3 is 13.2 Å². The Labute approximate surface area is 177 Å². The van der Waals surface area contributed by atoms with Crippen LogP contribution in [0.2, 0.25) is 0 Å². The summed E-state index contributed by atoms with van der Waals surface area (Å²) < 4.78 is 32.4. The lowest BCUT2D eigenvalue weighted by molar-refractivity contribution is 0.00578. The molecular weight excluding hydrogens is 386 g/mol. The number of nitrogens with one attached hydrogen (secondary N) is 1. The van der Waals surface area contributed by atoms with E-state index in [-0.39, 0.29) is 5.52 Å². The highest BCUT2D eigenvalue weighted by Gasteiger charge is 2.51. The number of aromatic nitrogens is 1. The molecule has 1 aromatic carbocycles. The van der Waals surface area contributed by atoms with E-state index in [4.69, 9.17) is 14.0 Å². The highest BCUT2D eigenvalue weighted by molar-refractivity contribution is 6.62. The molecule has 1 unspecified atom stereocenters. The van der Waals surface area contributed by atoms with Crippen LogP contribution in [-0.4, -0.2) is 35.0 Å². The molecule has 1 aromatic heterocycles. The third kappa shape index (κ3) is 4.44. The SMILES string of the molecule is CC(NC(=O)OC(C)(C)C)c1ccnc2c(F)cc(B3OC(C)(C)C(C)(C)O3)cc12. The van der Waals surface area contributed by atoms with Crippen LogP contribution in [0.3, 0.4) is 0 Å². The number of pyridine rings is 1. The van der Waals surface area contributed by atoms with Gasteiger partial charge in [0.25, 0.3) is 0 Å². The van der Waals surface area contributed by atoms with Crippen LogP contribution in [0.1, 0.15) is 67.0 Å². The molecule has 1 aliphatic rings. The van der Waals surface area contributed by atoms with Gasteiger partial charge in [-0.2, -0.15) is 0 Å². The fourth-order valence-corrected chi connectivity index (χ4v) is 3.31. The maximum atomic E-state index is 14.9. The van der Waals surface area contributed by atoms with Gasteiger partial charge < -0.3 is 19.4 Å². The van der Waals surface area contributed by atoms with Gasteiger partial charge in [0.2, 0.25) is 0 Å². The van der Waals surface area contributed by atoms with E-state index in [0.29, 0.717) is 10.8 Å². The number of alkyl carbamates (subject to hydrolysis) is 1. The second-order valence-electron chi connectivity index (χ2n) is 9.76. The number of hydrogen-bond donors (Lipinski definition) is 1. The van der Waals surface area contributed by atoms with Gasteiger partial charge in [-0.25, -0.2) is 9.18 Å². The molecule has 2 aromatic rings. The van der Waals surface area contributed by atoms with Gasteiger partial charge in [-0.15, -0.1) is 0 Å². The monoisotopic (exact) mass is 416 g/mol. The lowest BCUT2D eigenvalue weighted by Crippen LogP contribution is -2.41. The maximum Gasteiger partial charge on any atom is 0.494 e. The summed E-state index contributed by atoms with van der Waals surface area (Å²) in [4.78, 5) is 16.4. The van der Waals surface area contributed by atoms with Crippen molar-refractivity contribution < 1.29 is 23.2 Å². The standard InChI is InChI=1S/C22H30BFN2O4/c1-13(26-19(27)28-20(2,3)4)15-9-10-25-18-16(15)11-14(12-17(18)24)23-29-21(5,6)22(7,8)30-23/h9-13H,1-8H3,(H,26,27). The van der Waals surface area contributed by atoms with Crippen LogP contribution in [0.15, 0.2) is 24.4 Å². The summed E-state index contributed by atoms with van der Waals surface area (Å²) in [5, 5.41) is 3.39. The number of nitrogens with zero attached hydrogens (tertiary/aromatic N) is 1. The largest absolute Gasteiger partial charge is 0.494 e. The molecular formula is C22H30BFN2O4. The number of halogens is 1. The van der Waals surface area contributed by atoms with Gasteiger partial charge in [0.05, 0.1) is 17.2 Å². The molecule has 0 spiro atoms. The Morgan fingerprint density at radius 2 is 1.80 bits per heavy atom. The van der Waals surface area contributed by atoms with E-state index in [1.807, 2.05) is 40.7 Å². The zero-order chi connectivity index (χ0) is 22.5. The molecule has 0 saturated carbocycles. The van der Waals surface area contributed by atoms with E-state index < -0.39 is 41.9 Å². The lowest BCUT2D eigenvalue weighted by Gasteiger charge is -2.32. The first kappa shape index (κ1) is 22.5. The highest BCUT2D eigenvalue weighted by atomic mass is 19.1. The third-order valence-corrected chi connectivity index (χ3v) is 5.58. The van der Waals surface area contributed by atoms with E-state index in [2.05, 4.69) is 10.3 Å². The number of fused-ring (bicyclic) bond motifs is 1. The molecule has 30 heavy (non-hydrogen) atoms. The van der Waals surface area contributed by atoms with E-state index in [0.717, 1.165) is 5.56 Å². The Morgan fingerprint density at radius 1 is 1.20 bits per heavy atom. The van der Waals surface area contributed by atoms with E-state index in [9.17, 15) is 9.18 Å². The second-order valence-corrected chi connectivity index (χ2v) is 9.76. The number of hydrogen-bond acceptors (Lipinski definition) is 5. The zero-order valence-corrected chi connectivity index (χ0v) is 18.9. The van der Waals surface area contributed by atoms with Crippen molar-refractivity contribution in [3.8, 4) is 0 Å². The second kappa shape index (κ2) is 7.50. The predicted octanol–water partition coefficient (Wildman–Crippen LogP) is 4.26. The molecule has 0 bridgehead atoms. The van der Waals surface area contributed by atoms with E-state index in [1.54, 1.807) is 26.8 Å². The Kier molecular flexibility index (Phi) is 5.62. The maximum absolute atomic E-state index is 14.9. The average Bonchev–Trinajstić information content (AvgIpc) is 2.80. The van der Waals surface area contributed by atoms with Crippen LogP contribution >= 0.6 is 0 Å². The summed E-state index contributed by atoms with van der Waals surface area (Å²) >= 11 is 0. The minimum atomic E-state index is -0.698. The number of amides is 1. The molecule has 1 saturated heterocycles. The van der Waals surface area contributed by atoms with Crippen LogP contribution in [0, 0.1) is 5.82 Å². The van der Waals surface area contributed by atoms with Crippen LogP contribution in [-0.2, 0) is 14.0 Å². The van der Waals surface area contributed by atoms with Crippen LogP contribution in [0.4, 0.5) is 9.18 Å².